The number of para-hydroxylation sites is 1. The lowest BCUT2D eigenvalue weighted by atomic mass is 10.3. The minimum absolute atomic E-state index is 0.0685. The molecule has 1 aromatic rings. The third-order valence-electron chi connectivity index (χ3n) is 1.31. The van der Waals surface area contributed by atoms with E-state index >= 15 is 0 Å². The molecule has 0 radical (unpaired) electrons. The van der Waals surface area contributed by atoms with E-state index in [4.69, 9.17) is 27.9 Å². The predicted octanol–water partition coefficient (Wildman–Crippen LogP) is 3.77. The highest BCUT2D eigenvalue weighted by atomic mass is 35.5. The average molecular weight is 221 g/mol. The van der Waals surface area contributed by atoms with Crippen LogP contribution in [0.5, 0.6) is 5.75 Å². The molecule has 1 nitrogen and oxygen atoms in total. The molecular weight excluding hydrogens is 214 g/mol. The molecule has 13 heavy (non-hydrogen) atoms. The Morgan fingerprint density at radius 2 is 2.15 bits per heavy atom. The van der Waals surface area contributed by atoms with Crippen LogP contribution in [-0.4, -0.2) is 6.61 Å². The molecule has 0 aromatic heterocycles. The average Bonchev–Trinajstić information content (AvgIpc) is 2.08. The largest absolute Gasteiger partial charge is 0.488 e. The molecule has 0 saturated carbocycles. The zero-order chi connectivity index (χ0) is 9.68. The van der Waals surface area contributed by atoms with Crippen molar-refractivity contribution in [3.8, 4) is 5.75 Å². The monoisotopic (exact) mass is 220 g/mol. The van der Waals surface area contributed by atoms with Crippen LogP contribution in [0, 0.1) is 0 Å². The van der Waals surface area contributed by atoms with Crippen molar-refractivity contribution in [3.05, 3.63) is 40.7 Å². The zero-order valence-electron chi connectivity index (χ0n) is 6.64. The maximum Gasteiger partial charge on any atom is 0.188 e. The molecule has 0 N–H and O–H groups in total. The van der Waals surface area contributed by atoms with E-state index in [0.29, 0.717) is 10.8 Å². The van der Waals surface area contributed by atoms with Gasteiger partial charge in [0.1, 0.15) is 12.4 Å². The fourth-order valence-corrected chi connectivity index (χ4v) is 1.01. The fourth-order valence-electron chi connectivity index (χ4n) is 0.756. The van der Waals surface area contributed by atoms with E-state index in [0.717, 1.165) is 6.08 Å². The highest BCUT2D eigenvalue weighted by Crippen LogP contribution is 2.23. The number of halogens is 3. The normalized spacial score (nSPS) is 11.5. The lowest BCUT2D eigenvalue weighted by molar-refractivity contribution is 0.360. The summed E-state index contributed by atoms with van der Waals surface area (Å²) in [6, 6.07) is 6.95. The van der Waals surface area contributed by atoms with Gasteiger partial charge in [0.25, 0.3) is 0 Å². The second-order valence-corrected chi connectivity index (χ2v) is 3.00. The standard InChI is InChI=1S/C9H7Cl2FO/c10-7-3-1-2-4-8(7)13-6-5-9(11)12/h1-5H,6H2. The van der Waals surface area contributed by atoms with Gasteiger partial charge in [0, 0.05) is 6.08 Å². The van der Waals surface area contributed by atoms with Gasteiger partial charge in [-0.2, -0.15) is 4.39 Å². The van der Waals surface area contributed by atoms with Gasteiger partial charge in [0.2, 0.25) is 0 Å². The van der Waals surface area contributed by atoms with Crippen molar-refractivity contribution < 1.29 is 9.13 Å². The Labute approximate surface area is 85.7 Å². The van der Waals surface area contributed by atoms with Gasteiger partial charge >= 0.3 is 0 Å². The van der Waals surface area contributed by atoms with Crippen molar-refractivity contribution in [2.75, 3.05) is 6.61 Å². The lowest BCUT2D eigenvalue weighted by Crippen LogP contribution is -1.93. The third kappa shape index (κ3) is 3.66. The van der Waals surface area contributed by atoms with Gasteiger partial charge in [-0.25, -0.2) is 0 Å². The molecule has 4 heteroatoms. The van der Waals surface area contributed by atoms with Crippen LogP contribution in [0.3, 0.4) is 0 Å². The first-order valence-corrected chi connectivity index (χ1v) is 4.34. The predicted molar refractivity (Wildman–Crippen MR) is 52.0 cm³/mol. The summed E-state index contributed by atoms with van der Waals surface area (Å²) >= 11 is 10.7. The molecule has 0 fully saturated rings. The summed E-state index contributed by atoms with van der Waals surface area (Å²) in [6.07, 6.45) is 1.12. The van der Waals surface area contributed by atoms with Crippen LogP contribution < -0.4 is 4.74 Å². The maximum absolute atomic E-state index is 12.0. The van der Waals surface area contributed by atoms with E-state index in [9.17, 15) is 4.39 Å². The van der Waals surface area contributed by atoms with Crippen LogP contribution in [0.4, 0.5) is 4.39 Å². The van der Waals surface area contributed by atoms with Gasteiger partial charge in [-0.3, -0.25) is 0 Å². The Morgan fingerprint density at radius 3 is 2.77 bits per heavy atom. The quantitative estimate of drug-likeness (QED) is 0.754. The minimum Gasteiger partial charge on any atom is -0.488 e. The van der Waals surface area contributed by atoms with Crippen molar-refractivity contribution >= 4 is 23.2 Å². The van der Waals surface area contributed by atoms with Crippen molar-refractivity contribution in [2.24, 2.45) is 0 Å². The molecule has 0 aliphatic heterocycles. The van der Waals surface area contributed by atoms with E-state index in [1.165, 1.54) is 0 Å². The molecule has 0 aliphatic carbocycles. The molecule has 0 aliphatic rings. The highest BCUT2D eigenvalue weighted by molar-refractivity contribution is 6.32. The van der Waals surface area contributed by atoms with E-state index in [2.05, 4.69) is 0 Å². The molecule has 0 amide bonds. The summed E-state index contributed by atoms with van der Waals surface area (Å²) < 4.78 is 17.1. The molecule has 0 saturated heterocycles. The van der Waals surface area contributed by atoms with Crippen LogP contribution in [-0.2, 0) is 0 Å². The van der Waals surface area contributed by atoms with Crippen LogP contribution in [0.1, 0.15) is 0 Å². The number of hydrogen-bond donors (Lipinski definition) is 0. The Bertz CT molecular complexity index is 308. The summed E-state index contributed by atoms with van der Waals surface area (Å²) in [4.78, 5) is 0. The van der Waals surface area contributed by atoms with E-state index in [-0.39, 0.29) is 6.61 Å². The number of ether oxygens (including phenoxy) is 1. The van der Waals surface area contributed by atoms with Crippen molar-refractivity contribution in [3.63, 3.8) is 0 Å². The molecule has 0 atom stereocenters. The summed E-state index contributed by atoms with van der Waals surface area (Å²) in [5, 5.41) is -0.294. The fraction of sp³-hybridized carbons (Fsp3) is 0.111. The number of benzene rings is 1. The van der Waals surface area contributed by atoms with Crippen LogP contribution >= 0.6 is 23.2 Å². The number of rotatable bonds is 3. The van der Waals surface area contributed by atoms with Gasteiger partial charge in [0.15, 0.2) is 5.29 Å². The van der Waals surface area contributed by atoms with E-state index in [1.54, 1.807) is 24.3 Å². The first-order chi connectivity index (χ1) is 6.20. The third-order valence-corrected chi connectivity index (χ3v) is 1.78. The minimum atomic E-state index is -0.785. The molecule has 0 heterocycles. The number of hydrogen-bond acceptors (Lipinski definition) is 1. The lowest BCUT2D eigenvalue weighted by Gasteiger charge is -2.03. The molecule has 70 valence electrons. The Kier molecular flexibility index (Phi) is 4.06. The summed E-state index contributed by atoms with van der Waals surface area (Å²) in [7, 11) is 0. The molecule has 0 unspecified atom stereocenters. The first kappa shape index (κ1) is 10.4. The molecule has 1 aromatic carbocycles. The SMILES string of the molecule is FC(Cl)=CCOc1ccccc1Cl. The maximum atomic E-state index is 12.0. The molecule has 1 rings (SSSR count). The highest BCUT2D eigenvalue weighted by Gasteiger charge is 1.97. The van der Waals surface area contributed by atoms with Crippen LogP contribution in [0.15, 0.2) is 35.6 Å². The van der Waals surface area contributed by atoms with Crippen LogP contribution in [0.25, 0.3) is 0 Å². The summed E-state index contributed by atoms with van der Waals surface area (Å²) in [6.45, 7) is 0.0685. The van der Waals surface area contributed by atoms with Gasteiger partial charge in [-0.05, 0) is 12.1 Å². The zero-order valence-corrected chi connectivity index (χ0v) is 8.15. The first-order valence-electron chi connectivity index (χ1n) is 3.58. The van der Waals surface area contributed by atoms with Crippen LogP contribution in [0.2, 0.25) is 5.02 Å². The van der Waals surface area contributed by atoms with E-state index < -0.39 is 5.29 Å². The van der Waals surface area contributed by atoms with Gasteiger partial charge in [0.05, 0.1) is 5.02 Å². The topological polar surface area (TPSA) is 9.23 Å². The molecular formula is C9H7Cl2FO. The van der Waals surface area contributed by atoms with Crippen molar-refractivity contribution in [2.45, 2.75) is 0 Å². The van der Waals surface area contributed by atoms with Gasteiger partial charge in [-0.15, -0.1) is 0 Å². The summed E-state index contributed by atoms with van der Waals surface area (Å²) in [5.74, 6) is 0.512. The van der Waals surface area contributed by atoms with Gasteiger partial charge in [-0.1, -0.05) is 35.3 Å². The second-order valence-electron chi connectivity index (χ2n) is 2.24. The Hall–Kier alpha value is -0.730. The van der Waals surface area contributed by atoms with Gasteiger partial charge < -0.3 is 4.74 Å². The van der Waals surface area contributed by atoms with Crippen molar-refractivity contribution in [1.82, 2.24) is 0 Å². The summed E-state index contributed by atoms with van der Waals surface area (Å²) in [5.41, 5.74) is 0. The van der Waals surface area contributed by atoms with Crippen molar-refractivity contribution in [1.29, 1.82) is 0 Å². The molecule has 0 bridgehead atoms. The second kappa shape index (κ2) is 5.10. The smallest absolute Gasteiger partial charge is 0.188 e. The Balaban J connectivity index is 2.55. The Morgan fingerprint density at radius 1 is 1.46 bits per heavy atom. The van der Waals surface area contributed by atoms with E-state index in [1.807, 2.05) is 0 Å². The molecule has 0 spiro atoms.